The van der Waals surface area contributed by atoms with Crippen molar-refractivity contribution in [3.8, 4) is 17.2 Å². The van der Waals surface area contributed by atoms with Gasteiger partial charge in [-0.05, 0) is 45.4 Å². The molecule has 1 aliphatic heterocycles. The molecule has 17 nitrogen and oxygen atoms in total. The summed E-state index contributed by atoms with van der Waals surface area (Å²) >= 11 is 0. The van der Waals surface area contributed by atoms with Gasteiger partial charge < -0.3 is 28.6 Å². The Kier molecular flexibility index (Phi) is 10.9. The third kappa shape index (κ3) is 9.08. The number of hydrogen-bond donors (Lipinski definition) is 3. The summed E-state index contributed by atoms with van der Waals surface area (Å²) in [6, 6.07) is 4.29. The standard InChI is InChI=1S/C23H31N6O11P/c1-13(2)38-22(32)14(3)27-41(34,40-16-5-6-17-18(9-16)36-12-35-17)37-11-19(15(4)30)39-21(10-25-28-24)29-8-7-20(31)26-23(29)33/h5-9,13-15,19,21,30H,10-12H2,1-4H3,(H,27,34)(H,26,31,33)/t14-,15?,19+,21-,41?/m0/s1. The molecule has 0 amide bonds. The second-order valence-corrected chi connectivity index (χ2v) is 10.7. The van der Waals surface area contributed by atoms with Gasteiger partial charge in [-0.1, -0.05) is 5.11 Å². The molecule has 0 bridgehead atoms. The molecule has 3 N–H and O–H groups in total. The molecule has 0 radical (unpaired) electrons. The number of aromatic amines is 1. The maximum Gasteiger partial charge on any atom is 0.459 e. The van der Waals surface area contributed by atoms with Crippen LogP contribution in [0, 0.1) is 0 Å². The van der Waals surface area contributed by atoms with E-state index in [1.807, 2.05) is 0 Å². The number of carbonyl (C=O) groups is 1. The molecule has 18 heteroatoms. The van der Waals surface area contributed by atoms with Crippen LogP contribution < -0.4 is 30.3 Å². The van der Waals surface area contributed by atoms with E-state index in [2.05, 4.69) is 20.1 Å². The second-order valence-electron chi connectivity index (χ2n) is 9.04. The summed E-state index contributed by atoms with van der Waals surface area (Å²) < 4.78 is 47.6. The summed E-state index contributed by atoms with van der Waals surface area (Å²) in [6.45, 7) is 5.02. The number of hydrogen-bond acceptors (Lipinski definition) is 12. The van der Waals surface area contributed by atoms with E-state index >= 15 is 0 Å². The first-order valence-corrected chi connectivity index (χ1v) is 13.9. The summed E-state index contributed by atoms with van der Waals surface area (Å²) in [4.78, 5) is 40.9. The number of aliphatic hydroxyl groups is 1. The van der Waals surface area contributed by atoms with Crippen LogP contribution in [0.4, 0.5) is 0 Å². The summed E-state index contributed by atoms with van der Waals surface area (Å²) in [5.74, 6) is 0.0955. The highest BCUT2D eigenvalue weighted by atomic mass is 31.2. The lowest BCUT2D eigenvalue weighted by atomic mass is 10.2. The van der Waals surface area contributed by atoms with Crippen molar-refractivity contribution < 1.29 is 42.5 Å². The normalized spacial score (nSPS) is 16.6. The molecular formula is C23H31N6O11P. The van der Waals surface area contributed by atoms with E-state index in [0.717, 1.165) is 16.8 Å². The van der Waals surface area contributed by atoms with E-state index < -0.39 is 68.7 Å². The first kappa shape index (κ1) is 31.7. The molecule has 224 valence electrons. The average molecular weight is 599 g/mol. The fraction of sp³-hybridized carbons (Fsp3) is 0.522. The van der Waals surface area contributed by atoms with Gasteiger partial charge in [0.05, 0.1) is 25.4 Å². The number of nitrogens with zero attached hydrogens (tertiary/aromatic N) is 4. The van der Waals surface area contributed by atoms with Gasteiger partial charge in [0, 0.05) is 23.2 Å². The maximum atomic E-state index is 13.9. The SMILES string of the molecule is CC(C)OC(=O)[C@H](C)NP(=O)(OC[C@@H](O[C@@H](CN=[N+]=[N-])n1ccc(=O)[nH]c1=O)C(C)O)Oc1ccc2c(c1)OCO2. The Hall–Kier alpha value is -3.85. The number of esters is 1. The monoisotopic (exact) mass is 598 g/mol. The first-order valence-electron chi connectivity index (χ1n) is 12.4. The maximum absolute atomic E-state index is 13.9. The molecule has 0 saturated heterocycles. The largest absolute Gasteiger partial charge is 0.462 e. The number of fused-ring (bicyclic) bond motifs is 1. The van der Waals surface area contributed by atoms with Crippen LogP contribution in [0.1, 0.15) is 33.9 Å². The molecule has 0 fully saturated rings. The predicted molar refractivity (Wildman–Crippen MR) is 142 cm³/mol. The van der Waals surface area contributed by atoms with Gasteiger partial charge in [0.2, 0.25) is 6.79 Å². The van der Waals surface area contributed by atoms with Crippen molar-refractivity contribution in [1.29, 1.82) is 0 Å². The van der Waals surface area contributed by atoms with Crippen molar-refractivity contribution in [3.63, 3.8) is 0 Å². The van der Waals surface area contributed by atoms with Crippen LogP contribution in [0.25, 0.3) is 10.4 Å². The van der Waals surface area contributed by atoms with E-state index in [9.17, 15) is 24.1 Å². The van der Waals surface area contributed by atoms with Crippen LogP contribution in [0.5, 0.6) is 17.2 Å². The van der Waals surface area contributed by atoms with Crippen molar-refractivity contribution in [1.82, 2.24) is 14.6 Å². The molecule has 1 aromatic heterocycles. The number of aliphatic hydroxyl groups excluding tert-OH is 1. The third-order valence-electron chi connectivity index (χ3n) is 5.37. The van der Waals surface area contributed by atoms with Crippen molar-refractivity contribution >= 4 is 13.7 Å². The first-order chi connectivity index (χ1) is 19.4. The molecular weight excluding hydrogens is 567 g/mol. The zero-order valence-electron chi connectivity index (χ0n) is 22.7. The number of benzene rings is 1. The molecule has 0 spiro atoms. The van der Waals surface area contributed by atoms with Crippen LogP contribution in [-0.2, 0) is 23.4 Å². The Morgan fingerprint density at radius 2 is 1.98 bits per heavy atom. The van der Waals surface area contributed by atoms with E-state index in [-0.39, 0.29) is 12.5 Å². The lowest BCUT2D eigenvalue weighted by Crippen LogP contribution is -2.40. The highest BCUT2D eigenvalue weighted by Crippen LogP contribution is 2.47. The summed E-state index contributed by atoms with van der Waals surface area (Å²) in [7, 11) is -4.40. The molecule has 0 saturated carbocycles. The van der Waals surface area contributed by atoms with Gasteiger partial charge in [-0.25, -0.2) is 9.36 Å². The second kappa shape index (κ2) is 14.2. The molecule has 0 aliphatic carbocycles. The smallest absolute Gasteiger partial charge is 0.459 e. The highest BCUT2D eigenvalue weighted by molar-refractivity contribution is 7.52. The van der Waals surface area contributed by atoms with Crippen molar-refractivity contribution in [3.05, 3.63) is 61.7 Å². The van der Waals surface area contributed by atoms with Crippen LogP contribution in [0.15, 0.2) is 45.2 Å². The fourth-order valence-electron chi connectivity index (χ4n) is 3.41. The summed E-state index contributed by atoms with van der Waals surface area (Å²) in [6.07, 6.45) is -3.17. The van der Waals surface area contributed by atoms with Crippen LogP contribution in [0.2, 0.25) is 0 Å². The highest BCUT2D eigenvalue weighted by Gasteiger charge is 2.35. The topological polar surface area (TPSA) is 225 Å². The summed E-state index contributed by atoms with van der Waals surface area (Å²) in [5, 5.41) is 16.3. The molecule has 41 heavy (non-hydrogen) atoms. The zero-order valence-corrected chi connectivity index (χ0v) is 23.6. The number of ether oxygens (including phenoxy) is 4. The average Bonchev–Trinajstić information content (AvgIpc) is 3.36. The van der Waals surface area contributed by atoms with E-state index in [1.165, 1.54) is 32.0 Å². The van der Waals surface area contributed by atoms with Gasteiger partial charge in [0.15, 0.2) is 11.5 Å². The minimum atomic E-state index is -4.40. The zero-order chi connectivity index (χ0) is 30.2. The Balaban J connectivity index is 1.85. The molecule has 3 rings (SSSR count). The molecule has 1 aromatic carbocycles. The lowest BCUT2D eigenvalue weighted by Gasteiger charge is -2.29. The Morgan fingerprint density at radius 3 is 2.63 bits per heavy atom. The van der Waals surface area contributed by atoms with E-state index in [0.29, 0.717) is 11.5 Å². The number of azide groups is 1. The molecule has 2 aromatic rings. The molecule has 2 heterocycles. The Bertz CT molecular complexity index is 1420. The van der Waals surface area contributed by atoms with Gasteiger partial charge in [-0.2, -0.15) is 5.09 Å². The predicted octanol–water partition coefficient (Wildman–Crippen LogP) is 1.97. The van der Waals surface area contributed by atoms with Crippen molar-refractivity contribution in [2.75, 3.05) is 19.9 Å². The Labute approximate surface area is 233 Å². The van der Waals surface area contributed by atoms with Crippen LogP contribution in [-0.4, -0.2) is 64.9 Å². The van der Waals surface area contributed by atoms with Gasteiger partial charge in [-0.3, -0.25) is 23.7 Å². The van der Waals surface area contributed by atoms with Crippen molar-refractivity contribution in [2.24, 2.45) is 5.11 Å². The number of H-pyrrole nitrogens is 1. The number of rotatable bonds is 15. The summed E-state index contributed by atoms with van der Waals surface area (Å²) in [5.41, 5.74) is 7.25. The number of aromatic nitrogens is 2. The van der Waals surface area contributed by atoms with E-state index in [1.54, 1.807) is 13.8 Å². The van der Waals surface area contributed by atoms with Gasteiger partial charge in [0.1, 0.15) is 24.1 Å². The number of carbonyl (C=O) groups excluding carboxylic acids is 1. The van der Waals surface area contributed by atoms with Crippen LogP contribution in [0.3, 0.4) is 0 Å². The minimum Gasteiger partial charge on any atom is -0.462 e. The van der Waals surface area contributed by atoms with Gasteiger partial charge in [0.25, 0.3) is 5.56 Å². The molecule has 1 aliphatic rings. The number of nitrogens with one attached hydrogen (secondary N) is 2. The molecule has 5 atom stereocenters. The van der Waals surface area contributed by atoms with Gasteiger partial charge in [-0.15, -0.1) is 0 Å². The van der Waals surface area contributed by atoms with Gasteiger partial charge >= 0.3 is 19.4 Å². The van der Waals surface area contributed by atoms with Crippen LogP contribution >= 0.6 is 7.75 Å². The third-order valence-corrected chi connectivity index (χ3v) is 7.01. The van der Waals surface area contributed by atoms with Crippen molar-refractivity contribution in [2.45, 2.75) is 58.3 Å². The fourth-order valence-corrected chi connectivity index (χ4v) is 4.90. The quantitative estimate of drug-likeness (QED) is 0.0879. The molecule has 2 unspecified atom stereocenters. The Morgan fingerprint density at radius 1 is 1.24 bits per heavy atom. The lowest BCUT2D eigenvalue weighted by molar-refractivity contribution is -0.149. The minimum absolute atomic E-state index is 0.00785. The van der Waals surface area contributed by atoms with E-state index in [4.69, 9.17) is 33.5 Å².